The molecule has 4 heteroatoms. The first-order valence-corrected chi connectivity index (χ1v) is 7.55. The maximum Gasteiger partial charge on any atom is 0.138 e. The fourth-order valence-corrected chi connectivity index (χ4v) is 3.53. The lowest BCUT2D eigenvalue weighted by Gasteiger charge is -2.42. The molecule has 1 N–H and O–H groups in total. The Labute approximate surface area is 116 Å². The van der Waals surface area contributed by atoms with Crippen LogP contribution >= 0.6 is 0 Å². The van der Waals surface area contributed by atoms with E-state index in [4.69, 9.17) is 0 Å². The quantitative estimate of drug-likeness (QED) is 0.910. The maximum atomic E-state index is 11.1. The minimum atomic E-state index is -0.605. The molecule has 0 spiro atoms. The highest BCUT2D eigenvalue weighted by atomic mass is 16.3. The summed E-state index contributed by atoms with van der Waals surface area (Å²) in [6.45, 7) is 8.63. The van der Waals surface area contributed by atoms with Crippen LogP contribution in [-0.2, 0) is 6.42 Å². The Morgan fingerprint density at radius 2 is 2.11 bits per heavy atom. The summed E-state index contributed by atoms with van der Waals surface area (Å²) in [7, 11) is 0. The minimum absolute atomic E-state index is 0.294. The van der Waals surface area contributed by atoms with Crippen molar-refractivity contribution in [1.82, 2.24) is 14.8 Å². The first-order chi connectivity index (χ1) is 8.94. The van der Waals surface area contributed by atoms with Gasteiger partial charge in [0.15, 0.2) is 0 Å². The van der Waals surface area contributed by atoms with E-state index in [1.807, 2.05) is 4.68 Å². The lowest BCUT2D eigenvalue weighted by molar-refractivity contribution is -0.0673. The van der Waals surface area contributed by atoms with Crippen LogP contribution < -0.4 is 0 Å². The van der Waals surface area contributed by atoms with Gasteiger partial charge in [0.2, 0.25) is 0 Å². The SMILES string of the molecule is CC(C)C1CCCCC1(O)Cc1ncnn1C(C)C. The smallest absolute Gasteiger partial charge is 0.138 e. The molecular formula is C15H27N3O. The van der Waals surface area contributed by atoms with Gasteiger partial charge < -0.3 is 5.11 Å². The van der Waals surface area contributed by atoms with Gasteiger partial charge in [0.1, 0.15) is 12.2 Å². The summed E-state index contributed by atoms with van der Waals surface area (Å²) in [5.74, 6) is 1.81. The second-order valence-corrected chi connectivity index (χ2v) is 6.59. The molecule has 1 saturated carbocycles. The molecule has 1 fully saturated rings. The number of hydrogen-bond acceptors (Lipinski definition) is 3. The van der Waals surface area contributed by atoms with Crippen molar-refractivity contribution in [3.8, 4) is 0 Å². The monoisotopic (exact) mass is 265 g/mol. The standard InChI is InChI=1S/C15H27N3O/c1-11(2)13-7-5-6-8-15(13,19)9-14-16-10-17-18(14)12(3)4/h10-13,19H,5-9H2,1-4H3. The Morgan fingerprint density at radius 3 is 2.74 bits per heavy atom. The van der Waals surface area contributed by atoms with Crippen LogP contribution in [0.4, 0.5) is 0 Å². The van der Waals surface area contributed by atoms with E-state index in [-0.39, 0.29) is 0 Å². The molecular weight excluding hydrogens is 238 g/mol. The molecule has 1 aromatic heterocycles. The molecule has 2 rings (SSSR count). The molecule has 1 aliphatic carbocycles. The summed E-state index contributed by atoms with van der Waals surface area (Å²) in [5, 5.41) is 15.4. The first kappa shape index (κ1) is 14.5. The van der Waals surface area contributed by atoms with Gasteiger partial charge in [-0.05, 0) is 38.5 Å². The number of hydrogen-bond donors (Lipinski definition) is 1. The molecule has 4 nitrogen and oxygen atoms in total. The van der Waals surface area contributed by atoms with Crippen LogP contribution in [-0.4, -0.2) is 25.5 Å². The second-order valence-electron chi connectivity index (χ2n) is 6.59. The normalized spacial score (nSPS) is 28.3. The predicted molar refractivity (Wildman–Crippen MR) is 75.9 cm³/mol. The topological polar surface area (TPSA) is 50.9 Å². The van der Waals surface area contributed by atoms with E-state index in [2.05, 4.69) is 37.8 Å². The van der Waals surface area contributed by atoms with Crippen molar-refractivity contribution in [3.05, 3.63) is 12.2 Å². The third-order valence-electron chi connectivity index (χ3n) is 4.47. The van der Waals surface area contributed by atoms with Crippen molar-refractivity contribution in [3.63, 3.8) is 0 Å². The third kappa shape index (κ3) is 2.99. The Balaban J connectivity index is 2.21. The molecule has 1 aromatic rings. The summed E-state index contributed by atoms with van der Waals surface area (Å²) in [5.41, 5.74) is -0.605. The van der Waals surface area contributed by atoms with Gasteiger partial charge in [-0.3, -0.25) is 0 Å². The van der Waals surface area contributed by atoms with E-state index in [9.17, 15) is 5.11 Å². The summed E-state index contributed by atoms with van der Waals surface area (Å²) in [6, 6.07) is 0.294. The lowest BCUT2D eigenvalue weighted by atomic mass is 9.68. The zero-order valence-electron chi connectivity index (χ0n) is 12.6. The fourth-order valence-electron chi connectivity index (χ4n) is 3.53. The zero-order valence-corrected chi connectivity index (χ0v) is 12.6. The second kappa shape index (κ2) is 5.61. The fraction of sp³-hybridized carbons (Fsp3) is 0.867. The summed E-state index contributed by atoms with van der Waals surface area (Å²) in [6.07, 6.45) is 6.61. The van der Waals surface area contributed by atoms with Crippen molar-refractivity contribution in [1.29, 1.82) is 0 Å². The number of nitrogens with zero attached hydrogens (tertiary/aromatic N) is 3. The van der Waals surface area contributed by atoms with Crippen LogP contribution in [0, 0.1) is 11.8 Å². The number of rotatable bonds is 4. The summed E-state index contributed by atoms with van der Waals surface area (Å²) < 4.78 is 1.93. The highest BCUT2D eigenvalue weighted by Gasteiger charge is 2.41. The molecule has 1 aliphatic rings. The molecule has 1 heterocycles. The van der Waals surface area contributed by atoms with E-state index >= 15 is 0 Å². The molecule has 0 radical (unpaired) electrons. The molecule has 19 heavy (non-hydrogen) atoms. The van der Waals surface area contributed by atoms with Gasteiger partial charge in [-0.25, -0.2) is 9.67 Å². The van der Waals surface area contributed by atoms with Crippen molar-refractivity contribution in [2.75, 3.05) is 0 Å². The largest absolute Gasteiger partial charge is 0.389 e. The average Bonchev–Trinajstić information content (AvgIpc) is 2.76. The highest BCUT2D eigenvalue weighted by molar-refractivity contribution is 5.01. The van der Waals surface area contributed by atoms with Crippen molar-refractivity contribution < 1.29 is 5.11 Å². The molecule has 0 amide bonds. The average molecular weight is 265 g/mol. The Bertz CT molecular complexity index is 413. The van der Waals surface area contributed by atoms with Gasteiger partial charge in [-0.2, -0.15) is 5.10 Å². The van der Waals surface area contributed by atoms with E-state index in [1.54, 1.807) is 6.33 Å². The van der Waals surface area contributed by atoms with Crippen LogP contribution in [0.1, 0.15) is 65.2 Å². The van der Waals surface area contributed by atoms with Crippen LogP contribution in [0.15, 0.2) is 6.33 Å². The van der Waals surface area contributed by atoms with Gasteiger partial charge in [-0.1, -0.05) is 26.7 Å². The maximum absolute atomic E-state index is 11.1. The van der Waals surface area contributed by atoms with Gasteiger partial charge in [-0.15, -0.1) is 0 Å². The Hall–Kier alpha value is -0.900. The van der Waals surface area contributed by atoms with Crippen LogP contribution in [0.2, 0.25) is 0 Å². The van der Waals surface area contributed by atoms with Gasteiger partial charge >= 0.3 is 0 Å². The van der Waals surface area contributed by atoms with Gasteiger partial charge in [0.05, 0.1) is 5.60 Å². The van der Waals surface area contributed by atoms with Crippen molar-refractivity contribution in [2.45, 2.75) is 71.4 Å². The molecule has 0 aliphatic heterocycles. The summed E-state index contributed by atoms with van der Waals surface area (Å²) in [4.78, 5) is 4.36. The molecule has 108 valence electrons. The Morgan fingerprint density at radius 1 is 1.37 bits per heavy atom. The molecule has 0 bridgehead atoms. The first-order valence-electron chi connectivity index (χ1n) is 7.55. The van der Waals surface area contributed by atoms with Crippen LogP contribution in [0.3, 0.4) is 0 Å². The molecule has 2 unspecified atom stereocenters. The third-order valence-corrected chi connectivity index (χ3v) is 4.47. The van der Waals surface area contributed by atoms with E-state index in [0.29, 0.717) is 24.3 Å². The van der Waals surface area contributed by atoms with Crippen LogP contribution in [0.5, 0.6) is 0 Å². The van der Waals surface area contributed by atoms with Gasteiger partial charge in [0.25, 0.3) is 0 Å². The van der Waals surface area contributed by atoms with Crippen molar-refractivity contribution in [2.24, 2.45) is 11.8 Å². The van der Waals surface area contributed by atoms with Gasteiger partial charge in [0, 0.05) is 12.5 Å². The van der Waals surface area contributed by atoms with E-state index in [1.165, 1.54) is 6.42 Å². The number of aromatic nitrogens is 3. The predicted octanol–water partition coefficient (Wildman–Crippen LogP) is 2.98. The molecule has 0 aromatic carbocycles. The van der Waals surface area contributed by atoms with E-state index < -0.39 is 5.60 Å². The zero-order chi connectivity index (χ0) is 14.0. The minimum Gasteiger partial charge on any atom is -0.389 e. The highest BCUT2D eigenvalue weighted by Crippen LogP contribution is 2.40. The van der Waals surface area contributed by atoms with Crippen molar-refractivity contribution >= 4 is 0 Å². The molecule has 0 saturated heterocycles. The lowest BCUT2D eigenvalue weighted by Crippen LogP contribution is -2.45. The molecule has 2 atom stereocenters. The Kier molecular flexibility index (Phi) is 4.29. The number of aliphatic hydroxyl groups is 1. The van der Waals surface area contributed by atoms with Crippen LogP contribution in [0.25, 0.3) is 0 Å². The summed E-state index contributed by atoms with van der Waals surface area (Å²) >= 11 is 0. The van der Waals surface area contributed by atoms with E-state index in [0.717, 1.165) is 25.1 Å².